The van der Waals surface area contributed by atoms with Gasteiger partial charge in [-0.1, -0.05) is 29.3 Å². The van der Waals surface area contributed by atoms with Crippen LogP contribution in [0.1, 0.15) is 55.5 Å². The molecule has 3 aromatic rings. The van der Waals surface area contributed by atoms with Gasteiger partial charge in [-0.2, -0.15) is 0 Å². The number of benzene rings is 1. The van der Waals surface area contributed by atoms with E-state index in [9.17, 15) is 14.4 Å². The smallest absolute Gasteiger partial charge is 0.355 e. The number of thiophene rings is 1. The molecule has 0 fully saturated rings. The predicted molar refractivity (Wildman–Crippen MR) is 113 cm³/mol. The van der Waals surface area contributed by atoms with Crippen LogP contribution >= 0.6 is 34.5 Å². The third-order valence-corrected chi connectivity index (χ3v) is 6.06. The van der Waals surface area contributed by atoms with Gasteiger partial charge in [-0.15, -0.1) is 11.3 Å². The van der Waals surface area contributed by atoms with Crippen LogP contribution in [0.25, 0.3) is 10.2 Å². The number of hydrogen-bond acceptors (Lipinski definition) is 6. The lowest BCUT2D eigenvalue weighted by Gasteiger charge is -2.08. The Kier molecular flexibility index (Phi) is 6.31. The minimum absolute atomic E-state index is 0.00686. The third kappa shape index (κ3) is 3.77. The summed E-state index contributed by atoms with van der Waals surface area (Å²) in [6.07, 6.45) is 0. The van der Waals surface area contributed by atoms with Gasteiger partial charge in [0.15, 0.2) is 5.78 Å². The molecule has 0 aliphatic rings. The number of carbonyl (C=O) groups is 3. The first-order chi connectivity index (χ1) is 13.8. The molecule has 1 aromatic carbocycles. The number of ether oxygens (including phenoxy) is 2. The van der Waals surface area contributed by atoms with Crippen LogP contribution in [0.3, 0.4) is 0 Å². The Morgan fingerprint density at radius 2 is 1.59 bits per heavy atom. The first-order valence-corrected chi connectivity index (χ1v) is 10.4. The topological polar surface area (TPSA) is 85.5 Å². The maximum absolute atomic E-state index is 13.4. The summed E-state index contributed by atoms with van der Waals surface area (Å²) in [4.78, 5) is 42.0. The maximum atomic E-state index is 13.4. The molecule has 2 aromatic heterocycles. The molecule has 0 aliphatic carbocycles. The molecule has 9 heteroatoms. The van der Waals surface area contributed by atoms with Crippen LogP contribution in [0.4, 0.5) is 0 Å². The Morgan fingerprint density at radius 1 is 1.00 bits per heavy atom. The number of hydrogen-bond donors (Lipinski definition) is 1. The normalized spacial score (nSPS) is 10.9. The average molecular weight is 454 g/mol. The molecule has 0 bridgehead atoms. The minimum atomic E-state index is -0.681. The van der Waals surface area contributed by atoms with Crippen molar-refractivity contribution < 1.29 is 23.9 Å². The van der Waals surface area contributed by atoms with Gasteiger partial charge >= 0.3 is 11.9 Å². The zero-order chi connectivity index (χ0) is 21.3. The quantitative estimate of drug-likeness (QED) is 0.397. The summed E-state index contributed by atoms with van der Waals surface area (Å²) in [6, 6.07) is 4.70. The monoisotopic (exact) mass is 453 g/mol. The maximum Gasteiger partial charge on any atom is 0.355 e. The van der Waals surface area contributed by atoms with Crippen LogP contribution in [0.2, 0.25) is 10.0 Å². The number of aromatic nitrogens is 1. The van der Waals surface area contributed by atoms with Crippen LogP contribution in [-0.4, -0.2) is 35.9 Å². The highest BCUT2D eigenvalue weighted by molar-refractivity contribution is 7.20. The van der Waals surface area contributed by atoms with E-state index in [1.807, 2.05) is 0 Å². The van der Waals surface area contributed by atoms with E-state index in [2.05, 4.69) is 4.98 Å². The van der Waals surface area contributed by atoms with Crippen molar-refractivity contribution in [2.24, 2.45) is 0 Å². The molecule has 152 valence electrons. The average Bonchev–Trinajstić information content (AvgIpc) is 3.19. The fourth-order valence-corrected chi connectivity index (χ4v) is 4.70. The molecule has 0 amide bonds. The van der Waals surface area contributed by atoms with Crippen molar-refractivity contribution in [1.29, 1.82) is 0 Å². The van der Waals surface area contributed by atoms with Gasteiger partial charge in [0.25, 0.3) is 0 Å². The van der Waals surface area contributed by atoms with Gasteiger partial charge in [0.05, 0.1) is 34.4 Å². The highest BCUT2D eigenvalue weighted by Gasteiger charge is 2.31. The molecule has 3 rings (SSSR count). The zero-order valence-corrected chi connectivity index (χ0v) is 18.2. The standard InChI is InChI=1S/C20H17Cl2NO5S/c1-4-27-19(25)15-14(16(24)13-10(21)7-6-8-11(13)22)12-9(3)17(20(26)28-5-2)29-18(12)23-15/h6-8,23H,4-5H2,1-3H3. The van der Waals surface area contributed by atoms with Gasteiger partial charge in [0.2, 0.25) is 0 Å². The molecule has 0 aliphatic heterocycles. The molecule has 0 radical (unpaired) electrons. The number of rotatable bonds is 6. The molecule has 0 saturated heterocycles. The molecule has 0 atom stereocenters. The second kappa shape index (κ2) is 8.57. The lowest BCUT2D eigenvalue weighted by atomic mass is 9.99. The first-order valence-electron chi connectivity index (χ1n) is 8.79. The van der Waals surface area contributed by atoms with Gasteiger partial charge in [-0.05, 0) is 38.5 Å². The van der Waals surface area contributed by atoms with Crippen molar-refractivity contribution in [2.75, 3.05) is 13.2 Å². The number of halogens is 2. The summed E-state index contributed by atoms with van der Waals surface area (Å²) in [7, 11) is 0. The molecule has 0 saturated carbocycles. The number of ketones is 1. The minimum Gasteiger partial charge on any atom is -0.462 e. The Labute approximate surface area is 180 Å². The summed E-state index contributed by atoms with van der Waals surface area (Å²) in [5.74, 6) is -1.71. The second-order valence-electron chi connectivity index (χ2n) is 6.00. The number of fused-ring (bicyclic) bond motifs is 1. The lowest BCUT2D eigenvalue weighted by Crippen LogP contribution is -2.13. The summed E-state index contributed by atoms with van der Waals surface area (Å²) >= 11 is 13.5. The first kappa shape index (κ1) is 21.4. The van der Waals surface area contributed by atoms with E-state index in [4.69, 9.17) is 32.7 Å². The van der Waals surface area contributed by atoms with Crippen molar-refractivity contribution in [3.8, 4) is 0 Å². The van der Waals surface area contributed by atoms with E-state index in [-0.39, 0.29) is 40.1 Å². The number of nitrogens with one attached hydrogen (secondary N) is 1. The number of aromatic amines is 1. The number of aryl methyl sites for hydroxylation is 1. The Morgan fingerprint density at radius 3 is 2.17 bits per heavy atom. The van der Waals surface area contributed by atoms with Gasteiger partial charge in [0, 0.05) is 5.39 Å². The zero-order valence-electron chi connectivity index (χ0n) is 15.9. The molecule has 2 heterocycles. The molecule has 0 unspecified atom stereocenters. The SMILES string of the molecule is CCOC(=O)c1[nH]c2sc(C(=O)OCC)c(C)c2c1C(=O)c1c(Cl)cccc1Cl. The predicted octanol–water partition coefficient (Wildman–Crippen LogP) is 5.43. The van der Waals surface area contributed by atoms with E-state index in [0.29, 0.717) is 20.7 Å². The van der Waals surface area contributed by atoms with Crippen molar-refractivity contribution in [2.45, 2.75) is 20.8 Å². The van der Waals surface area contributed by atoms with Gasteiger partial charge in [-0.25, -0.2) is 9.59 Å². The highest BCUT2D eigenvalue weighted by atomic mass is 35.5. The number of H-pyrrole nitrogens is 1. The Hall–Kier alpha value is -2.35. The molecular weight excluding hydrogens is 437 g/mol. The van der Waals surface area contributed by atoms with Crippen LogP contribution in [0.15, 0.2) is 18.2 Å². The fourth-order valence-electron chi connectivity index (χ4n) is 3.02. The van der Waals surface area contributed by atoms with Crippen molar-refractivity contribution in [3.63, 3.8) is 0 Å². The van der Waals surface area contributed by atoms with Crippen LogP contribution in [-0.2, 0) is 9.47 Å². The fraction of sp³-hybridized carbons (Fsp3) is 0.250. The highest BCUT2D eigenvalue weighted by Crippen LogP contribution is 2.38. The molecule has 0 spiro atoms. The summed E-state index contributed by atoms with van der Waals surface area (Å²) in [5.41, 5.74) is 0.665. The van der Waals surface area contributed by atoms with Gasteiger partial charge in [-0.3, -0.25) is 4.79 Å². The van der Waals surface area contributed by atoms with E-state index in [0.717, 1.165) is 11.3 Å². The van der Waals surface area contributed by atoms with Crippen LogP contribution < -0.4 is 0 Å². The van der Waals surface area contributed by atoms with Crippen molar-refractivity contribution >= 4 is 62.5 Å². The summed E-state index contributed by atoms with van der Waals surface area (Å²) in [6.45, 7) is 5.43. The second-order valence-corrected chi connectivity index (χ2v) is 7.84. The van der Waals surface area contributed by atoms with Gasteiger partial charge in [0.1, 0.15) is 15.4 Å². The van der Waals surface area contributed by atoms with E-state index in [1.54, 1.807) is 39.0 Å². The molecule has 1 N–H and O–H groups in total. The van der Waals surface area contributed by atoms with Crippen LogP contribution in [0, 0.1) is 6.92 Å². The Balaban J connectivity index is 2.29. The molecule has 6 nitrogen and oxygen atoms in total. The van der Waals surface area contributed by atoms with Crippen molar-refractivity contribution in [1.82, 2.24) is 4.98 Å². The van der Waals surface area contributed by atoms with E-state index >= 15 is 0 Å². The van der Waals surface area contributed by atoms with Gasteiger partial charge < -0.3 is 14.5 Å². The largest absolute Gasteiger partial charge is 0.462 e. The van der Waals surface area contributed by atoms with E-state index in [1.165, 1.54) is 0 Å². The third-order valence-electron chi connectivity index (χ3n) is 4.24. The Bertz CT molecular complexity index is 1110. The lowest BCUT2D eigenvalue weighted by molar-refractivity contribution is 0.0514. The van der Waals surface area contributed by atoms with Crippen molar-refractivity contribution in [3.05, 3.63) is 55.5 Å². The molecular formula is C20H17Cl2NO5S. The van der Waals surface area contributed by atoms with Crippen LogP contribution in [0.5, 0.6) is 0 Å². The molecule has 29 heavy (non-hydrogen) atoms. The van der Waals surface area contributed by atoms with E-state index < -0.39 is 17.7 Å². The number of esters is 2. The summed E-state index contributed by atoms with van der Waals surface area (Å²) < 4.78 is 10.2. The summed E-state index contributed by atoms with van der Waals surface area (Å²) in [5, 5.41) is 0.761. The number of carbonyl (C=O) groups excluding carboxylic acids is 3.